The molecule has 2 heteroatoms. The van der Waals surface area contributed by atoms with Crippen molar-refractivity contribution in [3.8, 4) is 0 Å². The van der Waals surface area contributed by atoms with Crippen LogP contribution in [0.4, 0.5) is 0 Å². The summed E-state index contributed by atoms with van der Waals surface area (Å²) in [6.45, 7) is 5.22. The maximum Gasteiger partial charge on any atom is 0.0507 e. The van der Waals surface area contributed by atoms with Crippen LogP contribution in [-0.4, -0.2) is 25.8 Å². The van der Waals surface area contributed by atoms with Gasteiger partial charge in [0, 0.05) is 19.2 Å². The van der Waals surface area contributed by atoms with Gasteiger partial charge in [-0.2, -0.15) is 0 Å². The van der Waals surface area contributed by atoms with Gasteiger partial charge in [0.2, 0.25) is 0 Å². The average molecular weight is 245 g/mol. The number of aryl methyl sites for hydroxylation is 1. The van der Waals surface area contributed by atoms with Gasteiger partial charge < -0.3 is 10.1 Å². The summed E-state index contributed by atoms with van der Waals surface area (Å²) >= 11 is 0. The fourth-order valence-electron chi connectivity index (χ4n) is 2.97. The highest BCUT2D eigenvalue weighted by Gasteiger charge is 2.30. The fraction of sp³-hybridized carbons (Fsp3) is 0.625. The first-order valence-corrected chi connectivity index (χ1v) is 7.19. The third kappa shape index (κ3) is 2.76. The minimum Gasteiger partial charge on any atom is -0.381 e. The molecule has 1 N–H and O–H groups in total. The molecule has 2 nitrogen and oxygen atoms in total. The predicted octanol–water partition coefficient (Wildman–Crippen LogP) is 2.87. The van der Waals surface area contributed by atoms with Gasteiger partial charge in [-0.1, -0.05) is 29.8 Å². The molecule has 1 aliphatic heterocycles. The lowest BCUT2D eigenvalue weighted by atomic mass is 9.75. The predicted molar refractivity (Wildman–Crippen MR) is 73.9 cm³/mol. The molecule has 98 valence electrons. The zero-order valence-electron chi connectivity index (χ0n) is 11.2. The average Bonchev–Trinajstić information content (AvgIpc) is 2.82. The molecule has 3 rings (SSSR count). The Kier molecular flexibility index (Phi) is 3.67. The maximum atomic E-state index is 5.40. The molecule has 2 aliphatic rings. The molecule has 1 atom stereocenters. The van der Waals surface area contributed by atoms with E-state index in [0.717, 1.165) is 37.6 Å². The van der Waals surface area contributed by atoms with E-state index in [0.29, 0.717) is 0 Å². The van der Waals surface area contributed by atoms with Crippen molar-refractivity contribution < 1.29 is 4.74 Å². The van der Waals surface area contributed by atoms with E-state index in [1.54, 1.807) is 0 Å². The van der Waals surface area contributed by atoms with Crippen LogP contribution in [0.25, 0.3) is 0 Å². The third-order valence-electron chi connectivity index (χ3n) is 4.41. The zero-order valence-corrected chi connectivity index (χ0v) is 11.2. The summed E-state index contributed by atoms with van der Waals surface area (Å²) in [5.41, 5.74) is 2.87. The summed E-state index contributed by atoms with van der Waals surface area (Å²) in [6, 6.07) is 9.77. The maximum absolute atomic E-state index is 5.40. The highest BCUT2D eigenvalue weighted by atomic mass is 16.5. The molecule has 0 aromatic heterocycles. The normalized spacial score (nSPS) is 31.3. The van der Waals surface area contributed by atoms with Gasteiger partial charge >= 0.3 is 0 Å². The lowest BCUT2D eigenvalue weighted by Crippen LogP contribution is -2.42. The van der Waals surface area contributed by atoms with Crippen LogP contribution in [0.1, 0.15) is 36.3 Å². The number of ether oxygens (including phenoxy) is 1. The Bertz CT molecular complexity index is 375. The number of hydrogen-bond donors (Lipinski definition) is 1. The molecule has 1 saturated heterocycles. The van der Waals surface area contributed by atoms with Gasteiger partial charge in [0.25, 0.3) is 0 Å². The van der Waals surface area contributed by atoms with E-state index in [1.807, 2.05) is 0 Å². The van der Waals surface area contributed by atoms with Gasteiger partial charge in [0.15, 0.2) is 0 Å². The van der Waals surface area contributed by atoms with Crippen molar-refractivity contribution >= 4 is 0 Å². The van der Waals surface area contributed by atoms with Crippen LogP contribution in [0.3, 0.4) is 0 Å². The quantitative estimate of drug-likeness (QED) is 0.880. The van der Waals surface area contributed by atoms with Crippen molar-refractivity contribution in [2.75, 3.05) is 19.8 Å². The Hall–Kier alpha value is -0.860. The first-order chi connectivity index (χ1) is 8.81. The Morgan fingerprint density at radius 2 is 2.00 bits per heavy atom. The van der Waals surface area contributed by atoms with Crippen molar-refractivity contribution in [3.05, 3.63) is 35.4 Å². The minimum atomic E-state index is 0.733. The molecule has 1 aromatic carbocycles. The number of rotatable bonds is 4. The molecular weight excluding hydrogens is 222 g/mol. The van der Waals surface area contributed by atoms with Gasteiger partial charge in [0.1, 0.15) is 0 Å². The third-order valence-corrected chi connectivity index (χ3v) is 4.41. The summed E-state index contributed by atoms with van der Waals surface area (Å²) in [7, 11) is 0. The van der Waals surface area contributed by atoms with Crippen molar-refractivity contribution in [1.82, 2.24) is 5.32 Å². The highest BCUT2D eigenvalue weighted by Crippen LogP contribution is 2.37. The van der Waals surface area contributed by atoms with Crippen LogP contribution >= 0.6 is 0 Å². The van der Waals surface area contributed by atoms with E-state index in [4.69, 9.17) is 4.74 Å². The van der Waals surface area contributed by atoms with Crippen LogP contribution in [-0.2, 0) is 4.74 Å². The van der Waals surface area contributed by atoms with Crippen molar-refractivity contribution in [1.29, 1.82) is 0 Å². The lowest BCUT2D eigenvalue weighted by molar-refractivity contribution is 0.182. The number of hydrogen-bond acceptors (Lipinski definition) is 2. The Morgan fingerprint density at radius 3 is 2.67 bits per heavy atom. The summed E-state index contributed by atoms with van der Waals surface area (Å²) in [5.74, 6) is 1.53. The molecule has 0 amide bonds. The lowest BCUT2D eigenvalue weighted by Gasteiger charge is -2.37. The van der Waals surface area contributed by atoms with Gasteiger partial charge in [-0.3, -0.25) is 0 Å². The fourth-order valence-corrected chi connectivity index (χ4v) is 2.97. The van der Waals surface area contributed by atoms with Crippen molar-refractivity contribution in [2.24, 2.45) is 5.92 Å². The zero-order chi connectivity index (χ0) is 12.4. The first kappa shape index (κ1) is 12.2. The van der Waals surface area contributed by atoms with Gasteiger partial charge in [-0.25, -0.2) is 0 Å². The molecule has 1 saturated carbocycles. The van der Waals surface area contributed by atoms with Crippen LogP contribution in [0.15, 0.2) is 24.3 Å². The summed E-state index contributed by atoms with van der Waals surface area (Å²) < 4.78 is 5.40. The molecule has 0 radical (unpaired) electrons. The second kappa shape index (κ2) is 5.41. The largest absolute Gasteiger partial charge is 0.381 e. The first-order valence-electron chi connectivity index (χ1n) is 7.19. The smallest absolute Gasteiger partial charge is 0.0507 e. The SMILES string of the molecule is Cc1ccc(C2CC(NCC3CCOC3)C2)cc1. The van der Waals surface area contributed by atoms with Crippen LogP contribution in [0, 0.1) is 12.8 Å². The monoisotopic (exact) mass is 245 g/mol. The molecule has 1 aromatic rings. The molecule has 1 heterocycles. The van der Waals surface area contributed by atoms with Crippen LogP contribution < -0.4 is 5.32 Å². The molecule has 0 bridgehead atoms. The molecular formula is C16H23NO. The van der Waals surface area contributed by atoms with Crippen molar-refractivity contribution in [2.45, 2.75) is 38.1 Å². The Balaban J connectivity index is 1.41. The van der Waals surface area contributed by atoms with E-state index in [1.165, 1.54) is 30.4 Å². The van der Waals surface area contributed by atoms with E-state index in [9.17, 15) is 0 Å². The molecule has 18 heavy (non-hydrogen) atoms. The van der Waals surface area contributed by atoms with Crippen LogP contribution in [0.5, 0.6) is 0 Å². The van der Waals surface area contributed by atoms with Gasteiger partial charge in [0.05, 0.1) is 6.61 Å². The molecule has 2 fully saturated rings. The standard InChI is InChI=1S/C16H23NO/c1-12-2-4-14(5-3-12)15-8-16(9-15)17-10-13-6-7-18-11-13/h2-5,13,15-17H,6-11H2,1H3. The Morgan fingerprint density at radius 1 is 1.22 bits per heavy atom. The summed E-state index contributed by atoms with van der Waals surface area (Å²) in [5, 5.41) is 3.69. The van der Waals surface area contributed by atoms with Crippen LogP contribution in [0.2, 0.25) is 0 Å². The summed E-state index contributed by atoms with van der Waals surface area (Å²) in [6.07, 6.45) is 3.84. The van der Waals surface area contributed by atoms with Gasteiger partial charge in [-0.15, -0.1) is 0 Å². The van der Waals surface area contributed by atoms with E-state index in [2.05, 4.69) is 36.5 Å². The second-order valence-electron chi connectivity index (χ2n) is 5.91. The molecule has 0 spiro atoms. The topological polar surface area (TPSA) is 21.3 Å². The van der Waals surface area contributed by atoms with E-state index in [-0.39, 0.29) is 0 Å². The molecule has 1 unspecified atom stereocenters. The van der Waals surface area contributed by atoms with E-state index >= 15 is 0 Å². The second-order valence-corrected chi connectivity index (χ2v) is 5.91. The van der Waals surface area contributed by atoms with Gasteiger partial charge in [-0.05, 0) is 43.6 Å². The Labute approximate surface area is 110 Å². The van der Waals surface area contributed by atoms with E-state index < -0.39 is 0 Å². The number of benzene rings is 1. The highest BCUT2D eigenvalue weighted by molar-refractivity contribution is 5.26. The molecule has 1 aliphatic carbocycles. The minimum absolute atomic E-state index is 0.733. The summed E-state index contributed by atoms with van der Waals surface area (Å²) in [4.78, 5) is 0. The number of nitrogens with one attached hydrogen (secondary N) is 1. The van der Waals surface area contributed by atoms with Crippen molar-refractivity contribution in [3.63, 3.8) is 0 Å².